The van der Waals surface area contributed by atoms with E-state index in [4.69, 9.17) is 13.9 Å². The maximum Gasteiger partial charge on any atom is 0.310 e. The molecule has 28 heavy (non-hydrogen) atoms. The monoisotopic (exact) mass is 380 g/mol. The first-order chi connectivity index (χ1) is 13.2. The first-order valence-corrected chi connectivity index (χ1v) is 9.16. The number of fused-ring (bicyclic) bond motifs is 1. The first kappa shape index (κ1) is 19.7. The highest BCUT2D eigenvalue weighted by atomic mass is 16.6. The van der Waals surface area contributed by atoms with Crippen LogP contribution in [0.25, 0.3) is 11.0 Å². The summed E-state index contributed by atoms with van der Waals surface area (Å²) in [4.78, 5) is 23.2. The highest BCUT2D eigenvalue weighted by molar-refractivity contribution is 5.88. The quantitative estimate of drug-likeness (QED) is 0.444. The van der Waals surface area contributed by atoms with E-state index in [1.807, 2.05) is 58.0 Å². The lowest BCUT2D eigenvalue weighted by Crippen LogP contribution is -2.25. The largest absolute Gasteiger partial charge is 0.485 e. The minimum atomic E-state index is -0.528. The van der Waals surface area contributed by atoms with Gasteiger partial charge in [-0.2, -0.15) is 0 Å². The summed E-state index contributed by atoms with van der Waals surface area (Å²) in [6, 6.07) is 12.8. The summed E-state index contributed by atoms with van der Waals surface area (Å²) in [5.41, 5.74) is 2.48. The van der Waals surface area contributed by atoms with E-state index in [1.54, 1.807) is 12.1 Å². The van der Waals surface area contributed by atoms with Gasteiger partial charge in [-0.3, -0.25) is 9.59 Å². The van der Waals surface area contributed by atoms with Crippen molar-refractivity contribution in [1.82, 2.24) is 0 Å². The second-order valence-electron chi connectivity index (χ2n) is 7.75. The number of carbonyl (C=O) groups is 2. The summed E-state index contributed by atoms with van der Waals surface area (Å²) in [5.74, 6) is 0.955. The average Bonchev–Trinajstić information content (AvgIpc) is 3.03. The summed E-state index contributed by atoms with van der Waals surface area (Å²) in [6.45, 7) is 7.64. The highest BCUT2D eigenvalue weighted by Crippen LogP contribution is 2.26. The molecule has 0 spiro atoms. The Bertz CT molecular complexity index is 1010. The van der Waals surface area contributed by atoms with E-state index in [0.717, 1.165) is 28.4 Å². The van der Waals surface area contributed by atoms with Gasteiger partial charge in [-0.25, -0.2) is 0 Å². The smallest absolute Gasteiger partial charge is 0.310 e. The van der Waals surface area contributed by atoms with Gasteiger partial charge in [0.15, 0.2) is 0 Å². The minimum Gasteiger partial charge on any atom is -0.485 e. The zero-order valence-electron chi connectivity index (χ0n) is 16.6. The van der Waals surface area contributed by atoms with Gasteiger partial charge in [-0.1, -0.05) is 18.2 Å². The molecule has 0 atom stereocenters. The third kappa shape index (κ3) is 4.80. The van der Waals surface area contributed by atoms with Crippen LogP contribution in [0.1, 0.15) is 48.0 Å². The topological polar surface area (TPSA) is 65.7 Å². The van der Waals surface area contributed by atoms with E-state index < -0.39 is 5.60 Å². The number of aryl methyl sites for hydroxylation is 1. The van der Waals surface area contributed by atoms with Gasteiger partial charge in [0.2, 0.25) is 0 Å². The van der Waals surface area contributed by atoms with Crippen molar-refractivity contribution in [2.75, 3.05) is 0 Å². The van der Waals surface area contributed by atoms with Crippen LogP contribution in [0.5, 0.6) is 5.75 Å². The maximum absolute atomic E-state index is 12.1. The van der Waals surface area contributed by atoms with Crippen LogP contribution in [0.3, 0.4) is 0 Å². The molecule has 0 aliphatic rings. The molecule has 2 aromatic carbocycles. The standard InChI is InChI=1S/C23H24O5/c1-15-9-16(13-24)10-18-11-19(27-22(15)18)14-26-20-8-6-5-7-17(20)12-21(25)28-23(2,3)4/h5-11,13H,12,14H2,1-4H3. The Morgan fingerprint density at radius 3 is 2.61 bits per heavy atom. The molecule has 1 aromatic heterocycles. The second-order valence-corrected chi connectivity index (χ2v) is 7.75. The molecule has 0 aliphatic heterocycles. The van der Waals surface area contributed by atoms with Crippen LogP contribution in [-0.2, 0) is 22.6 Å². The molecule has 146 valence electrons. The van der Waals surface area contributed by atoms with E-state index in [0.29, 0.717) is 17.1 Å². The average molecular weight is 380 g/mol. The molecule has 0 saturated heterocycles. The number of ether oxygens (including phenoxy) is 2. The predicted molar refractivity (Wildman–Crippen MR) is 107 cm³/mol. The van der Waals surface area contributed by atoms with Crippen LogP contribution in [-0.4, -0.2) is 17.9 Å². The minimum absolute atomic E-state index is 0.134. The lowest BCUT2D eigenvalue weighted by Gasteiger charge is -2.20. The predicted octanol–water partition coefficient (Wildman–Crippen LogP) is 5.02. The number of benzene rings is 2. The van der Waals surface area contributed by atoms with Gasteiger partial charge in [0, 0.05) is 16.5 Å². The molecule has 1 heterocycles. The Kier molecular flexibility index (Phi) is 5.54. The summed E-state index contributed by atoms with van der Waals surface area (Å²) < 4.78 is 17.2. The molecule has 0 bridgehead atoms. The highest BCUT2D eigenvalue weighted by Gasteiger charge is 2.18. The van der Waals surface area contributed by atoms with Gasteiger partial charge in [-0.15, -0.1) is 0 Å². The van der Waals surface area contributed by atoms with Crippen molar-refractivity contribution in [2.24, 2.45) is 0 Å². The van der Waals surface area contributed by atoms with Crippen LogP contribution >= 0.6 is 0 Å². The second kappa shape index (κ2) is 7.89. The van der Waals surface area contributed by atoms with E-state index in [1.165, 1.54) is 0 Å². The van der Waals surface area contributed by atoms with E-state index >= 15 is 0 Å². The zero-order chi connectivity index (χ0) is 20.3. The van der Waals surface area contributed by atoms with Crippen LogP contribution in [0.4, 0.5) is 0 Å². The Hall–Kier alpha value is -3.08. The fourth-order valence-electron chi connectivity index (χ4n) is 3.02. The molecule has 3 aromatic rings. The van der Waals surface area contributed by atoms with Crippen molar-refractivity contribution in [2.45, 2.75) is 46.3 Å². The Morgan fingerprint density at radius 2 is 1.89 bits per heavy atom. The number of aldehydes is 1. The van der Waals surface area contributed by atoms with Crippen molar-refractivity contribution >= 4 is 23.2 Å². The molecule has 0 amide bonds. The zero-order valence-corrected chi connectivity index (χ0v) is 16.6. The van der Waals surface area contributed by atoms with Crippen LogP contribution < -0.4 is 4.74 Å². The van der Waals surface area contributed by atoms with E-state index in [2.05, 4.69) is 0 Å². The van der Waals surface area contributed by atoms with E-state index in [9.17, 15) is 9.59 Å². The number of hydrogen-bond donors (Lipinski definition) is 0. The Labute approximate surface area is 164 Å². The van der Waals surface area contributed by atoms with Crippen LogP contribution in [0.2, 0.25) is 0 Å². The molecular weight excluding hydrogens is 356 g/mol. The molecule has 5 heteroatoms. The lowest BCUT2D eigenvalue weighted by atomic mass is 10.1. The number of hydrogen-bond acceptors (Lipinski definition) is 5. The summed E-state index contributed by atoms with van der Waals surface area (Å²) in [5, 5.41) is 0.864. The molecule has 0 aliphatic carbocycles. The van der Waals surface area contributed by atoms with Gasteiger partial charge in [0.1, 0.15) is 35.6 Å². The molecule has 0 N–H and O–H groups in total. The Balaban J connectivity index is 1.74. The SMILES string of the molecule is Cc1cc(C=O)cc2cc(COc3ccccc3CC(=O)OC(C)(C)C)oc12. The number of carbonyl (C=O) groups excluding carboxylic acids is 2. The number of para-hydroxylation sites is 1. The fourth-order valence-corrected chi connectivity index (χ4v) is 3.02. The van der Waals surface area contributed by atoms with Crippen LogP contribution in [0, 0.1) is 6.92 Å². The van der Waals surface area contributed by atoms with Gasteiger partial charge in [-0.05, 0) is 57.5 Å². The fraction of sp³-hybridized carbons (Fsp3) is 0.304. The molecular formula is C23H24O5. The molecule has 0 unspecified atom stereocenters. The lowest BCUT2D eigenvalue weighted by molar-refractivity contribution is -0.153. The first-order valence-electron chi connectivity index (χ1n) is 9.16. The van der Waals surface area contributed by atoms with Gasteiger partial charge in [0.25, 0.3) is 0 Å². The van der Waals surface area contributed by atoms with Crippen molar-refractivity contribution in [3.05, 3.63) is 64.9 Å². The molecule has 0 radical (unpaired) electrons. The van der Waals surface area contributed by atoms with Crippen molar-refractivity contribution in [3.8, 4) is 5.75 Å². The van der Waals surface area contributed by atoms with Gasteiger partial charge in [0.05, 0.1) is 6.42 Å². The molecule has 0 saturated carbocycles. The van der Waals surface area contributed by atoms with Crippen molar-refractivity contribution in [1.29, 1.82) is 0 Å². The molecule has 0 fully saturated rings. The summed E-state index contributed by atoms with van der Waals surface area (Å²) >= 11 is 0. The number of rotatable bonds is 6. The van der Waals surface area contributed by atoms with Gasteiger partial charge < -0.3 is 13.9 Å². The Morgan fingerprint density at radius 1 is 1.14 bits per heavy atom. The molecule has 5 nitrogen and oxygen atoms in total. The van der Waals surface area contributed by atoms with Crippen molar-refractivity contribution < 1.29 is 23.5 Å². The normalized spacial score (nSPS) is 11.4. The van der Waals surface area contributed by atoms with Gasteiger partial charge >= 0.3 is 5.97 Å². The molecule has 3 rings (SSSR count). The number of furan rings is 1. The maximum atomic E-state index is 12.1. The number of esters is 1. The van der Waals surface area contributed by atoms with E-state index in [-0.39, 0.29) is 19.0 Å². The summed E-state index contributed by atoms with van der Waals surface area (Å²) in [6.07, 6.45) is 0.956. The van der Waals surface area contributed by atoms with Crippen molar-refractivity contribution in [3.63, 3.8) is 0 Å². The third-order valence-electron chi connectivity index (χ3n) is 4.11. The third-order valence-corrected chi connectivity index (χ3v) is 4.11. The van der Waals surface area contributed by atoms with Crippen LogP contribution in [0.15, 0.2) is 46.9 Å². The summed E-state index contributed by atoms with van der Waals surface area (Å²) in [7, 11) is 0.